The molecule has 0 radical (unpaired) electrons. The molecular weight excluding hydrogens is 211 g/mol. The average Bonchev–Trinajstić information content (AvgIpc) is 1.67. The molecule has 1 heterocycles. The highest BCUT2D eigenvalue weighted by molar-refractivity contribution is 7.62. The molecule has 0 saturated carbocycles. The summed E-state index contributed by atoms with van der Waals surface area (Å²) in [4.78, 5) is 0. The summed E-state index contributed by atoms with van der Waals surface area (Å²) in [6.45, 7) is 22.3. The Morgan fingerprint density at radius 1 is 0.750 bits per heavy atom. The fourth-order valence-corrected chi connectivity index (χ4v) is 11.6. The second kappa shape index (κ2) is 3.71. The van der Waals surface area contributed by atoms with Gasteiger partial charge >= 0.3 is 0 Å². The normalized spacial score (nSPS) is 29.1. The molecule has 0 spiro atoms. The fraction of sp³-hybridized carbons (Fsp3) is 1.00. The lowest BCUT2D eigenvalue weighted by molar-refractivity contribution is 0.226. The van der Waals surface area contributed by atoms with Crippen LogP contribution in [0.1, 0.15) is 75.2 Å². The standard InChI is InChI=1S/C15H31P/c1-12(2,3)16-14(6,7)10-13(4,5)11-15(16,8)9/h10-11H2,1-9H3. The van der Waals surface area contributed by atoms with E-state index in [0.29, 0.717) is 20.9 Å². The van der Waals surface area contributed by atoms with Crippen molar-refractivity contribution in [1.29, 1.82) is 0 Å². The van der Waals surface area contributed by atoms with Crippen LogP contribution in [-0.2, 0) is 0 Å². The zero-order valence-corrected chi connectivity index (χ0v) is 13.8. The van der Waals surface area contributed by atoms with E-state index in [1.165, 1.54) is 12.8 Å². The van der Waals surface area contributed by atoms with Crippen molar-refractivity contribution in [2.75, 3.05) is 0 Å². The van der Waals surface area contributed by atoms with Crippen molar-refractivity contribution in [1.82, 2.24) is 0 Å². The maximum absolute atomic E-state index is 2.51. The van der Waals surface area contributed by atoms with E-state index in [4.69, 9.17) is 0 Å². The van der Waals surface area contributed by atoms with E-state index >= 15 is 0 Å². The van der Waals surface area contributed by atoms with Gasteiger partial charge in [0.1, 0.15) is 0 Å². The van der Waals surface area contributed by atoms with Crippen LogP contribution in [0.5, 0.6) is 0 Å². The van der Waals surface area contributed by atoms with Gasteiger partial charge in [0.05, 0.1) is 0 Å². The van der Waals surface area contributed by atoms with Crippen molar-refractivity contribution in [2.45, 2.75) is 90.6 Å². The summed E-state index contributed by atoms with van der Waals surface area (Å²) >= 11 is 0. The smallest absolute Gasteiger partial charge is 0.0136 e. The van der Waals surface area contributed by atoms with Crippen LogP contribution in [0.2, 0.25) is 0 Å². The molecule has 96 valence electrons. The Morgan fingerprint density at radius 2 is 1.06 bits per heavy atom. The molecule has 0 amide bonds. The van der Waals surface area contributed by atoms with Crippen LogP contribution in [0.3, 0.4) is 0 Å². The lowest BCUT2D eigenvalue weighted by Crippen LogP contribution is -2.47. The Morgan fingerprint density at radius 3 is 1.31 bits per heavy atom. The molecule has 1 saturated heterocycles. The predicted molar refractivity (Wildman–Crippen MR) is 77.8 cm³/mol. The molecule has 0 unspecified atom stereocenters. The summed E-state index contributed by atoms with van der Waals surface area (Å²) in [5.41, 5.74) is 0.511. The SMILES string of the molecule is CC1(C)CC(C)(C)P(C(C)(C)C)C(C)(C)C1. The highest BCUT2D eigenvalue weighted by Crippen LogP contribution is 2.74. The lowest BCUT2D eigenvalue weighted by Gasteiger charge is -2.60. The Labute approximate surface area is 104 Å². The maximum Gasteiger partial charge on any atom is -0.0136 e. The second-order valence-electron chi connectivity index (χ2n) is 8.65. The molecule has 1 rings (SSSR count). The molecule has 1 fully saturated rings. The van der Waals surface area contributed by atoms with Gasteiger partial charge in [-0.05, 0) is 33.7 Å². The van der Waals surface area contributed by atoms with Crippen molar-refractivity contribution in [2.24, 2.45) is 5.41 Å². The van der Waals surface area contributed by atoms with Crippen molar-refractivity contribution < 1.29 is 0 Å². The first kappa shape index (κ1) is 14.5. The van der Waals surface area contributed by atoms with Crippen LogP contribution in [0.4, 0.5) is 0 Å². The van der Waals surface area contributed by atoms with E-state index in [1.54, 1.807) is 0 Å². The summed E-state index contributed by atoms with van der Waals surface area (Å²) in [5, 5.41) is 1.50. The summed E-state index contributed by atoms with van der Waals surface area (Å²) < 4.78 is 0. The van der Waals surface area contributed by atoms with Crippen LogP contribution < -0.4 is 0 Å². The van der Waals surface area contributed by atoms with Gasteiger partial charge in [-0.3, -0.25) is 0 Å². The topological polar surface area (TPSA) is 0 Å². The number of rotatable bonds is 0. The molecule has 0 atom stereocenters. The Bertz CT molecular complexity index is 246. The third kappa shape index (κ3) is 2.81. The molecule has 0 aromatic rings. The summed E-state index contributed by atoms with van der Waals surface area (Å²) in [5.74, 6) is 0. The van der Waals surface area contributed by atoms with Gasteiger partial charge in [0.25, 0.3) is 0 Å². The molecular formula is C15H31P. The third-order valence-corrected chi connectivity index (χ3v) is 7.78. The van der Waals surface area contributed by atoms with Crippen molar-refractivity contribution in [3.8, 4) is 0 Å². The van der Waals surface area contributed by atoms with E-state index in [-0.39, 0.29) is 7.92 Å². The van der Waals surface area contributed by atoms with Gasteiger partial charge in [0, 0.05) is 0 Å². The van der Waals surface area contributed by atoms with Crippen LogP contribution in [0, 0.1) is 5.41 Å². The Kier molecular flexibility index (Phi) is 3.36. The zero-order valence-electron chi connectivity index (χ0n) is 12.9. The maximum atomic E-state index is 2.51. The van der Waals surface area contributed by atoms with Crippen molar-refractivity contribution in [3.63, 3.8) is 0 Å². The summed E-state index contributed by atoms with van der Waals surface area (Å²) in [6.07, 6.45) is 2.76. The van der Waals surface area contributed by atoms with Crippen LogP contribution >= 0.6 is 7.92 Å². The molecule has 0 nitrogen and oxygen atoms in total. The first-order chi connectivity index (χ1) is 6.78. The third-order valence-electron chi connectivity index (χ3n) is 3.70. The van der Waals surface area contributed by atoms with Crippen LogP contribution in [0.25, 0.3) is 0 Å². The molecule has 0 aromatic carbocycles. The monoisotopic (exact) mass is 242 g/mol. The number of hydrogen-bond acceptors (Lipinski definition) is 0. The van der Waals surface area contributed by atoms with Crippen molar-refractivity contribution >= 4 is 7.92 Å². The second-order valence-corrected chi connectivity index (χ2v) is 13.1. The van der Waals surface area contributed by atoms with Gasteiger partial charge in [-0.15, -0.1) is 0 Å². The molecule has 0 N–H and O–H groups in total. The largest absolute Gasteiger partial charge is 0.0895 e. The average molecular weight is 242 g/mol. The first-order valence-electron chi connectivity index (χ1n) is 6.59. The molecule has 0 aromatic heterocycles. The minimum Gasteiger partial charge on any atom is -0.0895 e. The van der Waals surface area contributed by atoms with E-state index < -0.39 is 0 Å². The Hall–Kier alpha value is 0.430. The van der Waals surface area contributed by atoms with Crippen LogP contribution in [0.15, 0.2) is 0 Å². The molecule has 1 heteroatoms. The summed E-state index contributed by atoms with van der Waals surface area (Å²) in [7, 11) is 0.0422. The van der Waals surface area contributed by atoms with E-state index in [0.717, 1.165) is 0 Å². The lowest BCUT2D eigenvalue weighted by atomic mass is 9.76. The van der Waals surface area contributed by atoms with Gasteiger partial charge in [-0.25, -0.2) is 0 Å². The predicted octanol–water partition coefficient (Wildman–Crippen LogP) is 5.64. The quantitative estimate of drug-likeness (QED) is 0.482. The molecule has 1 aliphatic rings. The van der Waals surface area contributed by atoms with Gasteiger partial charge < -0.3 is 0 Å². The molecule has 0 bridgehead atoms. The highest BCUT2D eigenvalue weighted by Gasteiger charge is 2.53. The van der Waals surface area contributed by atoms with Gasteiger partial charge in [0.15, 0.2) is 0 Å². The molecule has 16 heavy (non-hydrogen) atoms. The van der Waals surface area contributed by atoms with E-state index in [9.17, 15) is 0 Å². The Balaban J connectivity index is 3.17. The minimum atomic E-state index is 0.0422. The molecule has 1 aliphatic heterocycles. The van der Waals surface area contributed by atoms with E-state index in [2.05, 4.69) is 62.3 Å². The van der Waals surface area contributed by atoms with Gasteiger partial charge in [-0.2, -0.15) is 0 Å². The van der Waals surface area contributed by atoms with Crippen molar-refractivity contribution in [3.05, 3.63) is 0 Å². The first-order valence-corrected chi connectivity index (χ1v) is 7.93. The van der Waals surface area contributed by atoms with Gasteiger partial charge in [0.2, 0.25) is 0 Å². The zero-order chi connectivity index (χ0) is 13.0. The highest BCUT2D eigenvalue weighted by atomic mass is 31.1. The molecule has 0 aliphatic carbocycles. The summed E-state index contributed by atoms with van der Waals surface area (Å²) in [6, 6.07) is 0. The fourth-order valence-electron chi connectivity index (χ4n) is 5.20. The minimum absolute atomic E-state index is 0.0422. The van der Waals surface area contributed by atoms with E-state index in [1.807, 2.05) is 0 Å². The number of hydrogen-bond donors (Lipinski definition) is 0. The van der Waals surface area contributed by atoms with Gasteiger partial charge in [-0.1, -0.05) is 70.2 Å². The van der Waals surface area contributed by atoms with Crippen LogP contribution in [-0.4, -0.2) is 15.5 Å².